The van der Waals surface area contributed by atoms with Crippen LogP contribution in [0.1, 0.15) is 29.3 Å². The van der Waals surface area contributed by atoms with E-state index in [4.69, 9.17) is 28.5 Å². The van der Waals surface area contributed by atoms with Crippen LogP contribution in [0.15, 0.2) is 35.5 Å². The Balaban J connectivity index is 1.88. The summed E-state index contributed by atoms with van der Waals surface area (Å²) in [6, 6.07) is 8.42. The lowest BCUT2D eigenvalue weighted by Gasteiger charge is -2.24. The molecule has 2 aromatic carbocycles. The zero-order valence-electron chi connectivity index (χ0n) is 17.0. The number of carbonyl (C=O) groups is 1. The largest absolute Gasteiger partial charge is 0.497 e. The predicted octanol–water partition coefficient (Wildman–Crippen LogP) is 3.45. The number of hydrogen-bond donors (Lipinski definition) is 0. The number of methoxy groups -OCH3 is 4. The van der Waals surface area contributed by atoms with Gasteiger partial charge in [-0.25, -0.2) is 4.79 Å². The first-order valence-electron chi connectivity index (χ1n) is 8.94. The summed E-state index contributed by atoms with van der Waals surface area (Å²) < 4.78 is 26.9. The fourth-order valence-corrected chi connectivity index (χ4v) is 3.04. The Bertz CT molecular complexity index is 914. The van der Waals surface area contributed by atoms with Crippen LogP contribution < -0.4 is 23.7 Å². The molecule has 0 spiro atoms. The van der Waals surface area contributed by atoms with E-state index in [1.807, 2.05) is 13.0 Å². The van der Waals surface area contributed by atoms with Gasteiger partial charge in [0.1, 0.15) is 17.6 Å². The van der Waals surface area contributed by atoms with Gasteiger partial charge in [-0.15, -0.1) is 0 Å². The SMILES string of the molecule is COc1ccc2c(c1)O[C@H](C)C/C2=N\OC(=O)c1cc(OC)c(OC)c(OC)c1. The third-order valence-electron chi connectivity index (χ3n) is 4.45. The second-order valence-electron chi connectivity index (χ2n) is 6.33. The van der Waals surface area contributed by atoms with Crippen LogP contribution in [0.2, 0.25) is 0 Å². The Morgan fingerprint density at radius 2 is 1.69 bits per heavy atom. The molecule has 8 nitrogen and oxygen atoms in total. The van der Waals surface area contributed by atoms with Crippen molar-refractivity contribution in [3.63, 3.8) is 0 Å². The molecule has 1 atom stereocenters. The van der Waals surface area contributed by atoms with Gasteiger partial charge in [0.05, 0.1) is 39.7 Å². The van der Waals surface area contributed by atoms with E-state index < -0.39 is 5.97 Å². The molecule has 0 saturated heterocycles. The Morgan fingerprint density at radius 3 is 2.28 bits per heavy atom. The summed E-state index contributed by atoms with van der Waals surface area (Å²) in [7, 11) is 6.02. The van der Waals surface area contributed by atoms with Gasteiger partial charge in [-0.3, -0.25) is 0 Å². The van der Waals surface area contributed by atoms with Crippen LogP contribution in [-0.2, 0) is 4.84 Å². The summed E-state index contributed by atoms with van der Waals surface area (Å²) >= 11 is 0. The van der Waals surface area contributed by atoms with E-state index in [-0.39, 0.29) is 11.7 Å². The van der Waals surface area contributed by atoms with Crippen molar-refractivity contribution in [2.45, 2.75) is 19.4 Å². The molecule has 2 aromatic rings. The first kappa shape index (κ1) is 20.3. The quantitative estimate of drug-likeness (QED) is 0.541. The standard InChI is InChI=1S/C21H23NO7/c1-12-8-16(15-7-6-14(24-2)11-17(15)28-12)22-29-21(23)13-9-18(25-3)20(27-5)19(10-13)26-4/h6-7,9-12H,8H2,1-5H3/b22-16+/t12-/m1/s1. The number of nitrogens with zero attached hydrogens (tertiary/aromatic N) is 1. The van der Waals surface area contributed by atoms with Crippen LogP contribution in [0.3, 0.4) is 0 Å². The first-order valence-corrected chi connectivity index (χ1v) is 8.94. The molecule has 0 fully saturated rings. The third-order valence-corrected chi connectivity index (χ3v) is 4.45. The van der Waals surface area contributed by atoms with Gasteiger partial charge in [0.15, 0.2) is 11.5 Å². The molecule has 0 unspecified atom stereocenters. The fraction of sp³-hybridized carbons (Fsp3) is 0.333. The van der Waals surface area contributed by atoms with Gasteiger partial charge in [-0.05, 0) is 31.2 Å². The van der Waals surface area contributed by atoms with E-state index in [0.29, 0.717) is 40.9 Å². The Labute approximate surface area is 168 Å². The molecule has 0 aromatic heterocycles. The highest BCUT2D eigenvalue weighted by molar-refractivity contribution is 6.04. The molecule has 0 amide bonds. The number of fused-ring (bicyclic) bond motifs is 1. The zero-order chi connectivity index (χ0) is 21.0. The van der Waals surface area contributed by atoms with Crippen LogP contribution in [0, 0.1) is 0 Å². The number of benzene rings is 2. The normalized spacial score (nSPS) is 16.4. The van der Waals surface area contributed by atoms with Gasteiger partial charge < -0.3 is 28.5 Å². The molecule has 0 bridgehead atoms. The molecule has 1 aliphatic heterocycles. The molecule has 1 aliphatic rings. The number of rotatable bonds is 6. The molecule has 1 heterocycles. The summed E-state index contributed by atoms with van der Waals surface area (Å²) in [4.78, 5) is 17.8. The van der Waals surface area contributed by atoms with Crippen molar-refractivity contribution in [2.24, 2.45) is 5.16 Å². The Kier molecular flexibility index (Phi) is 6.11. The van der Waals surface area contributed by atoms with Crippen molar-refractivity contribution in [3.8, 4) is 28.7 Å². The molecule has 3 rings (SSSR count). The Hall–Kier alpha value is -3.42. The maximum atomic E-state index is 12.6. The van der Waals surface area contributed by atoms with Gasteiger partial charge in [-0.1, -0.05) is 5.16 Å². The van der Waals surface area contributed by atoms with E-state index in [9.17, 15) is 4.79 Å². The highest BCUT2D eigenvalue weighted by Gasteiger charge is 2.24. The lowest BCUT2D eigenvalue weighted by molar-refractivity contribution is 0.0512. The predicted molar refractivity (Wildman–Crippen MR) is 106 cm³/mol. The number of ether oxygens (including phenoxy) is 5. The molecule has 8 heteroatoms. The molecule has 29 heavy (non-hydrogen) atoms. The highest BCUT2D eigenvalue weighted by atomic mass is 16.7. The Morgan fingerprint density at radius 1 is 1.00 bits per heavy atom. The minimum Gasteiger partial charge on any atom is -0.497 e. The van der Waals surface area contributed by atoms with Crippen LogP contribution in [0.25, 0.3) is 0 Å². The number of hydrogen-bond acceptors (Lipinski definition) is 8. The maximum absolute atomic E-state index is 12.6. The second kappa shape index (κ2) is 8.72. The minimum absolute atomic E-state index is 0.117. The van der Waals surface area contributed by atoms with E-state index in [1.165, 1.54) is 33.5 Å². The summed E-state index contributed by atoms with van der Waals surface area (Å²) in [5.74, 6) is 1.74. The van der Waals surface area contributed by atoms with Gasteiger partial charge in [0.25, 0.3) is 0 Å². The average molecular weight is 401 g/mol. The minimum atomic E-state index is -0.647. The van der Waals surface area contributed by atoms with Crippen molar-refractivity contribution >= 4 is 11.7 Å². The molecular weight excluding hydrogens is 378 g/mol. The first-order chi connectivity index (χ1) is 14.0. The van der Waals surface area contributed by atoms with Crippen LogP contribution in [-0.4, -0.2) is 46.2 Å². The molecular formula is C21H23NO7. The van der Waals surface area contributed by atoms with E-state index in [1.54, 1.807) is 19.2 Å². The second-order valence-corrected chi connectivity index (χ2v) is 6.33. The summed E-state index contributed by atoms with van der Waals surface area (Å²) in [6.07, 6.45) is 0.384. The van der Waals surface area contributed by atoms with Crippen LogP contribution in [0.5, 0.6) is 28.7 Å². The van der Waals surface area contributed by atoms with Crippen molar-refractivity contribution in [1.82, 2.24) is 0 Å². The van der Waals surface area contributed by atoms with E-state index in [2.05, 4.69) is 5.16 Å². The van der Waals surface area contributed by atoms with Gasteiger partial charge >= 0.3 is 5.97 Å². The zero-order valence-corrected chi connectivity index (χ0v) is 17.0. The molecule has 154 valence electrons. The summed E-state index contributed by atoms with van der Waals surface area (Å²) in [5.41, 5.74) is 1.59. The van der Waals surface area contributed by atoms with Crippen LogP contribution in [0.4, 0.5) is 0 Å². The van der Waals surface area contributed by atoms with Crippen molar-refractivity contribution < 1.29 is 33.3 Å². The molecule has 0 N–H and O–H groups in total. The molecule has 0 radical (unpaired) electrons. The lowest BCUT2D eigenvalue weighted by atomic mass is 10.0. The van der Waals surface area contributed by atoms with Crippen molar-refractivity contribution in [3.05, 3.63) is 41.5 Å². The van der Waals surface area contributed by atoms with Crippen molar-refractivity contribution in [2.75, 3.05) is 28.4 Å². The average Bonchev–Trinajstić information content (AvgIpc) is 2.75. The topological polar surface area (TPSA) is 84.8 Å². The maximum Gasteiger partial charge on any atom is 0.366 e. The van der Waals surface area contributed by atoms with Crippen LogP contribution >= 0.6 is 0 Å². The van der Waals surface area contributed by atoms with Gasteiger partial charge in [0, 0.05) is 18.1 Å². The van der Waals surface area contributed by atoms with E-state index in [0.717, 1.165) is 5.56 Å². The van der Waals surface area contributed by atoms with Gasteiger partial charge in [-0.2, -0.15) is 0 Å². The lowest BCUT2D eigenvalue weighted by Crippen LogP contribution is -2.25. The molecule has 0 saturated carbocycles. The summed E-state index contributed by atoms with van der Waals surface area (Å²) in [5, 5.41) is 4.09. The fourth-order valence-electron chi connectivity index (χ4n) is 3.04. The number of carbonyl (C=O) groups excluding carboxylic acids is 1. The van der Waals surface area contributed by atoms with Gasteiger partial charge in [0.2, 0.25) is 5.75 Å². The van der Waals surface area contributed by atoms with Crippen molar-refractivity contribution in [1.29, 1.82) is 0 Å². The monoisotopic (exact) mass is 401 g/mol. The number of oxime groups is 1. The third kappa shape index (κ3) is 4.21. The smallest absolute Gasteiger partial charge is 0.366 e. The highest BCUT2D eigenvalue weighted by Crippen LogP contribution is 2.38. The molecule has 0 aliphatic carbocycles. The van der Waals surface area contributed by atoms with E-state index >= 15 is 0 Å². The summed E-state index contributed by atoms with van der Waals surface area (Å²) in [6.45, 7) is 1.92.